The lowest BCUT2D eigenvalue weighted by molar-refractivity contribution is 0.670. The molecule has 270 valence electrons. The Morgan fingerprint density at radius 3 is 1.90 bits per heavy atom. The number of para-hydroxylation sites is 3. The largest absolute Gasteiger partial charge is 0.455 e. The normalized spacial score (nSPS) is 12.8. The number of furan rings is 1. The van der Waals surface area contributed by atoms with Crippen molar-refractivity contribution in [2.45, 2.75) is 5.92 Å². The highest BCUT2D eigenvalue weighted by atomic mass is 32.1. The quantitative estimate of drug-likeness (QED) is 0.175. The molecule has 3 heteroatoms. The number of aromatic nitrogens is 1. The van der Waals surface area contributed by atoms with Crippen LogP contribution in [0.2, 0.25) is 0 Å². The molecular weight excluding hydrogens is 723 g/mol. The summed E-state index contributed by atoms with van der Waals surface area (Å²) in [7, 11) is 0. The summed E-state index contributed by atoms with van der Waals surface area (Å²) in [6.45, 7) is 0. The smallest absolute Gasteiger partial charge is 0.143 e. The maximum absolute atomic E-state index is 6.82. The van der Waals surface area contributed by atoms with Gasteiger partial charge in [-0.3, -0.25) is 0 Å². The van der Waals surface area contributed by atoms with Crippen LogP contribution in [0.3, 0.4) is 0 Å². The Balaban J connectivity index is 1.10. The fraction of sp³-hybridized carbons (Fsp3) is 0.0182. The van der Waals surface area contributed by atoms with Crippen molar-refractivity contribution in [1.29, 1.82) is 0 Å². The molecule has 0 atom stereocenters. The third-order valence-corrected chi connectivity index (χ3v) is 13.7. The van der Waals surface area contributed by atoms with Crippen molar-refractivity contribution in [1.82, 2.24) is 4.57 Å². The summed E-state index contributed by atoms with van der Waals surface area (Å²) < 4.78 is 11.8. The van der Waals surface area contributed by atoms with Crippen molar-refractivity contribution < 1.29 is 4.42 Å². The zero-order valence-electron chi connectivity index (χ0n) is 31.3. The SMILES string of the molecule is c1ccc(-n2c3ccccc3c3cc(-c4cc(-c5cc(C6c7ccccc7-c7ccccc76)cc6c5sc5ccccc56)cc5c4oc4ccccc45)ccc32)cc1. The van der Waals surface area contributed by atoms with Crippen LogP contribution in [-0.2, 0) is 0 Å². The predicted octanol–water partition coefficient (Wildman–Crippen LogP) is 15.5. The monoisotopic (exact) mass is 755 g/mol. The van der Waals surface area contributed by atoms with Crippen LogP contribution in [-0.4, -0.2) is 4.57 Å². The molecule has 0 aliphatic heterocycles. The molecule has 0 fully saturated rings. The first kappa shape index (κ1) is 31.9. The number of hydrogen-bond acceptors (Lipinski definition) is 2. The van der Waals surface area contributed by atoms with E-state index in [-0.39, 0.29) is 5.92 Å². The summed E-state index contributed by atoms with van der Waals surface area (Å²) in [5, 5.41) is 7.33. The van der Waals surface area contributed by atoms with Crippen LogP contribution in [0, 0.1) is 0 Å². The highest BCUT2D eigenvalue weighted by molar-refractivity contribution is 7.26. The van der Waals surface area contributed by atoms with Gasteiger partial charge in [-0.05, 0) is 111 Å². The second-order valence-electron chi connectivity index (χ2n) is 15.6. The van der Waals surface area contributed by atoms with E-state index < -0.39 is 0 Å². The van der Waals surface area contributed by atoms with Crippen LogP contribution >= 0.6 is 11.3 Å². The molecule has 3 heterocycles. The molecule has 3 aromatic heterocycles. The van der Waals surface area contributed by atoms with Gasteiger partial charge in [0, 0.05) is 58.9 Å². The topological polar surface area (TPSA) is 18.1 Å². The molecule has 0 bridgehead atoms. The Morgan fingerprint density at radius 1 is 0.414 bits per heavy atom. The molecule has 0 unspecified atom stereocenters. The van der Waals surface area contributed by atoms with E-state index in [0.29, 0.717) is 0 Å². The Morgan fingerprint density at radius 2 is 1.07 bits per heavy atom. The standard InChI is InChI=1S/C55H33NOS/c1-2-14-36(15-3-1)56-49-23-11-8-18-39(49)46-28-33(26-27-50(46)56)44-29-34(30-47-40-19-9-12-24-51(40)57-54(44)47)45-31-35(32-48-41-20-10-13-25-52(41)58-55(45)48)53-42-21-6-4-16-37(42)38-17-5-7-22-43(38)53/h1-32,53H. The number of fused-ring (bicyclic) bond motifs is 12. The molecule has 0 radical (unpaired) electrons. The molecule has 9 aromatic carbocycles. The van der Waals surface area contributed by atoms with Gasteiger partial charge < -0.3 is 8.98 Å². The van der Waals surface area contributed by atoms with Crippen molar-refractivity contribution in [3.8, 4) is 39.1 Å². The van der Waals surface area contributed by atoms with Gasteiger partial charge in [0.15, 0.2) is 0 Å². The lowest BCUT2D eigenvalue weighted by atomic mass is 9.86. The van der Waals surface area contributed by atoms with Gasteiger partial charge in [0.25, 0.3) is 0 Å². The third-order valence-electron chi connectivity index (χ3n) is 12.5. The van der Waals surface area contributed by atoms with Gasteiger partial charge in [-0.15, -0.1) is 11.3 Å². The van der Waals surface area contributed by atoms with Crippen LogP contribution in [0.25, 0.3) is 103 Å². The molecule has 2 nitrogen and oxygen atoms in total. The van der Waals surface area contributed by atoms with Crippen molar-refractivity contribution in [2.24, 2.45) is 0 Å². The average Bonchev–Trinajstić information content (AvgIpc) is 4.04. The van der Waals surface area contributed by atoms with E-state index in [9.17, 15) is 0 Å². The van der Waals surface area contributed by atoms with Gasteiger partial charge in [-0.2, -0.15) is 0 Å². The summed E-state index contributed by atoms with van der Waals surface area (Å²) in [4.78, 5) is 0. The maximum atomic E-state index is 6.82. The summed E-state index contributed by atoms with van der Waals surface area (Å²) in [5.74, 6) is 0.136. The Labute approximate surface area is 338 Å². The zero-order valence-corrected chi connectivity index (χ0v) is 32.1. The molecule has 0 spiro atoms. The molecule has 0 saturated carbocycles. The lowest BCUT2D eigenvalue weighted by Crippen LogP contribution is -2.00. The number of thiophene rings is 1. The van der Waals surface area contributed by atoms with E-state index in [2.05, 4.69) is 199 Å². The van der Waals surface area contributed by atoms with Crippen molar-refractivity contribution >= 4 is 75.3 Å². The second kappa shape index (κ2) is 12.1. The first-order chi connectivity index (χ1) is 28.8. The van der Waals surface area contributed by atoms with Crippen molar-refractivity contribution in [3.05, 3.63) is 211 Å². The molecule has 0 saturated heterocycles. The molecular formula is C55H33NOS. The van der Waals surface area contributed by atoms with Crippen molar-refractivity contribution in [2.75, 3.05) is 0 Å². The molecule has 1 aliphatic carbocycles. The number of rotatable bonds is 4. The van der Waals surface area contributed by atoms with Gasteiger partial charge >= 0.3 is 0 Å². The minimum absolute atomic E-state index is 0.136. The minimum Gasteiger partial charge on any atom is -0.455 e. The summed E-state index contributed by atoms with van der Waals surface area (Å²) in [6.07, 6.45) is 0. The highest BCUT2D eigenvalue weighted by Gasteiger charge is 2.31. The van der Waals surface area contributed by atoms with Gasteiger partial charge in [-0.1, -0.05) is 127 Å². The van der Waals surface area contributed by atoms with Gasteiger partial charge in [0.05, 0.1) is 11.0 Å². The number of benzene rings is 9. The van der Waals surface area contributed by atoms with Gasteiger partial charge in [0.2, 0.25) is 0 Å². The Bertz CT molecular complexity index is 3590. The first-order valence-electron chi connectivity index (χ1n) is 19.9. The molecule has 12 aromatic rings. The minimum atomic E-state index is 0.136. The van der Waals surface area contributed by atoms with E-state index in [0.717, 1.165) is 38.8 Å². The highest BCUT2D eigenvalue weighted by Crippen LogP contribution is 2.51. The summed E-state index contributed by atoms with van der Waals surface area (Å²) in [6, 6.07) is 71.4. The summed E-state index contributed by atoms with van der Waals surface area (Å²) >= 11 is 1.90. The Kier molecular flexibility index (Phi) is 6.69. The van der Waals surface area contributed by atoms with E-state index in [1.165, 1.54) is 80.9 Å². The fourth-order valence-electron chi connectivity index (χ4n) is 9.94. The molecule has 13 rings (SSSR count). The van der Waals surface area contributed by atoms with E-state index in [1.54, 1.807) is 0 Å². The molecule has 58 heavy (non-hydrogen) atoms. The maximum Gasteiger partial charge on any atom is 0.143 e. The first-order valence-corrected chi connectivity index (χ1v) is 20.8. The van der Waals surface area contributed by atoms with Gasteiger partial charge in [-0.25, -0.2) is 0 Å². The lowest BCUT2D eigenvalue weighted by Gasteiger charge is -2.17. The fourth-order valence-corrected chi connectivity index (χ4v) is 11.2. The average molecular weight is 756 g/mol. The second-order valence-corrected chi connectivity index (χ2v) is 16.6. The van der Waals surface area contributed by atoms with E-state index >= 15 is 0 Å². The van der Waals surface area contributed by atoms with E-state index in [4.69, 9.17) is 4.42 Å². The van der Waals surface area contributed by atoms with Crippen LogP contribution < -0.4 is 0 Å². The molecule has 1 aliphatic rings. The third kappa shape index (κ3) is 4.54. The molecule has 0 N–H and O–H groups in total. The Hall–Kier alpha value is -7.20. The van der Waals surface area contributed by atoms with Crippen LogP contribution in [0.5, 0.6) is 0 Å². The number of hydrogen-bond donors (Lipinski definition) is 0. The number of nitrogens with zero attached hydrogens (tertiary/aromatic N) is 1. The van der Waals surface area contributed by atoms with Crippen LogP contribution in [0.4, 0.5) is 0 Å². The van der Waals surface area contributed by atoms with Gasteiger partial charge in [0.1, 0.15) is 11.2 Å². The van der Waals surface area contributed by atoms with Crippen LogP contribution in [0.1, 0.15) is 22.6 Å². The van der Waals surface area contributed by atoms with E-state index in [1.807, 2.05) is 11.3 Å². The van der Waals surface area contributed by atoms with Crippen molar-refractivity contribution in [3.63, 3.8) is 0 Å². The predicted molar refractivity (Wildman–Crippen MR) is 245 cm³/mol. The van der Waals surface area contributed by atoms with Crippen LogP contribution in [0.15, 0.2) is 199 Å². The zero-order chi connectivity index (χ0) is 37.9. The molecule has 0 amide bonds. The summed E-state index contributed by atoms with van der Waals surface area (Å²) in [5.41, 5.74) is 16.8.